The van der Waals surface area contributed by atoms with Gasteiger partial charge in [-0.3, -0.25) is 14.5 Å². The summed E-state index contributed by atoms with van der Waals surface area (Å²) in [5.74, 6) is -4.63. The maximum atomic E-state index is 15.5. The number of amides is 3. The summed E-state index contributed by atoms with van der Waals surface area (Å²) in [5.41, 5.74) is 13.4. The van der Waals surface area contributed by atoms with Crippen LogP contribution in [0.2, 0.25) is 10.0 Å². The zero-order valence-electron chi connectivity index (χ0n) is 40.0. The second-order valence-electron chi connectivity index (χ2n) is 18.4. The minimum Gasteiger partial charge on any atom is -0.453 e. The molecular weight excluding hydrogens is 1080 g/mol. The molecule has 4 aliphatic rings. The largest absolute Gasteiger partial charge is 0.453 e. The van der Waals surface area contributed by atoms with Crippen molar-refractivity contribution in [2.75, 3.05) is 41.6 Å². The molecule has 4 aliphatic heterocycles. The summed E-state index contributed by atoms with van der Waals surface area (Å²) in [6, 6.07) is 21.9. The van der Waals surface area contributed by atoms with E-state index in [0.717, 1.165) is 17.7 Å². The van der Waals surface area contributed by atoms with Gasteiger partial charge in [0.1, 0.15) is 11.6 Å². The van der Waals surface area contributed by atoms with Gasteiger partial charge >= 0.3 is 6.09 Å². The third-order valence-corrected chi connectivity index (χ3v) is 17.3. The summed E-state index contributed by atoms with van der Waals surface area (Å²) in [6.45, 7) is 2.23. The van der Waals surface area contributed by atoms with Gasteiger partial charge in [-0.15, -0.1) is 20.4 Å². The molecule has 11 rings (SSSR count). The number of methoxy groups -OCH3 is 1. The van der Waals surface area contributed by atoms with Crippen LogP contribution in [-0.4, -0.2) is 110 Å². The fourth-order valence-corrected chi connectivity index (χ4v) is 12.7. The Morgan fingerprint density at radius 1 is 0.711 bits per heavy atom. The maximum Gasteiger partial charge on any atom is 0.409 e. The van der Waals surface area contributed by atoms with Crippen LogP contribution >= 0.6 is 23.2 Å². The number of nitrogens with zero attached hydrogens (tertiary/aromatic N) is 7. The number of sulfone groups is 2. The van der Waals surface area contributed by atoms with Crippen molar-refractivity contribution in [3.05, 3.63) is 141 Å². The van der Waals surface area contributed by atoms with Crippen LogP contribution in [-0.2, 0) is 57.4 Å². The number of halogens is 4. The number of carbonyl (C=O) groups excluding carboxylic acids is 3. The molecule has 2 aromatic heterocycles. The number of ether oxygens (including phenoxy) is 2. The predicted octanol–water partition coefficient (Wildman–Crippen LogP) is 6.40. The van der Waals surface area contributed by atoms with Crippen LogP contribution in [0.15, 0.2) is 116 Å². The Balaban J connectivity index is 0.000000174. The van der Waals surface area contributed by atoms with Gasteiger partial charge in [0.2, 0.25) is 17.7 Å². The van der Waals surface area contributed by atoms with E-state index in [1.807, 2.05) is 19.1 Å². The van der Waals surface area contributed by atoms with Crippen LogP contribution in [0.1, 0.15) is 29.0 Å². The molecule has 7 aromatic rings. The lowest BCUT2D eigenvalue weighted by molar-refractivity contribution is -0.120. The quantitative estimate of drug-likeness (QED) is 0.167. The SMILES string of the molecule is COC(=O)N1CC2(c3nnc(-c4cc5c(cc4F)S(=O)(=O)C[C@H](N)C(=O)N5Cc4ccc(Cl)cc4)o3)CC1CO2.Cc1ccc(-c2nnc(-c3cc4c(cc3F)S(=O)(=O)C[C@H](N)C(=O)N4Cc3ccc(Cl)cc3)o2)cc1. The highest BCUT2D eigenvalue weighted by molar-refractivity contribution is 7.92. The van der Waals surface area contributed by atoms with E-state index in [1.54, 1.807) is 60.7 Å². The molecule has 4 N–H and O–H groups in total. The summed E-state index contributed by atoms with van der Waals surface area (Å²) in [5, 5.41) is 17.0. The number of likely N-dealkylation sites (tertiary alicyclic amines) is 1. The average Bonchev–Trinajstić information content (AvgIpc) is 4.23. The topological polar surface area (TPSA) is 278 Å². The van der Waals surface area contributed by atoms with Crippen molar-refractivity contribution >= 4 is 72.2 Å². The number of aryl methyl sites for hydroxylation is 1. The Kier molecular flexibility index (Phi) is 13.8. The van der Waals surface area contributed by atoms with E-state index >= 15 is 8.78 Å². The van der Waals surface area contributed by atoms with E-state index in [4.69, 9.17) is 53.0 Å². The number of anilines is 2. The van der Waals surface area contributed by atoms with Gasteiger partial charge in [-0.25, -0.2) is 30.4 Å². The summed E-state index contributed by atoms with van der Waals surface area (Å²) < 4.78 is 105. The molecule has 2 fully saturated rings. The first kappa shape index (κ1) is 52.3. The van der Waals surface area contributed by atoms with Gasteiger partial charge < -0.3 is 39.6 Å². The molecule has 2 saturated heterocycles. The van der Waals surface area contributed by atoms with Gasteiger partial charge in [0.15, 0.2) is 25.3 Å². The predicted molar refractivity (Wildman–Crippen MR) is 270 cm³/mol. The zero-order chi connectivity index (χ0) is 54.0. The molecule has 2 unspecified atom stereocenters. The number of aromatic nitrogens is 4. The van der Waals surface area contributed by atoms with Gasteiger partial charge in [-0.2, -0.15) is 0 Å². The minimum absolute atomic E-state index is 0.00422. The highest BCUT2D eigenvalue weighted by Crippen LogP contribution is 2.46. The number of rotatable bonds is 8. The third-order valence-electron chi connectivity index (χ3n) is 13.2. The first-order chi connectivity index (χ1) is 36.1. The lowest BCUT2D eigenvalue weighted by Gasteiger charge is -2.29. The highest BCUT2D eigenvalue weighted by Gasteiger charge is 2.57. The number of benzene rings is 5. The molecule has 0 saturated carbocycles. The monoisotopic (exact) mass is 1120 g/mol. The molecule has 26 heteroatoms. The molecule has 2 bridgehead atoms. The number of fused-ring (bicyclic) bond motifs is 4. The number of morpholine rings is 1. The van der Waals surface area contributed by atoms with E-state index in [2.05, 4.69) is 20.4 Å². The molecule has 394 valence electrons. The molecular formula is C50H43Cl2F2N9O11S2. The number of hydrogen-bond donors (Lipinski definition) is 2. The summed E-state index contributed by atoms with van der Waals surface area (Å²) in [6.07, 6.45) is -0.132. The maximum absolute atomic E-state index is 15.5. The van der Waals surface area contributed by atoms with Gasteiger partial charge in [0, 0.05) is 22.0 Å². The molecule has 0 aliphatic carbocycles. The van der Waals surface area contributed by atoms with Crippen LogP contribution in [0.3, 0.4) is 0 Å². The van der Waals surface area contributed by atoms with Crippen molar-refractivity contribution in [1.82, 2.24) is 25.3 Å². The normalized spacial score (nSPS) is 21.3. The van der Waals surface area contributed by atoms with Crippen LogP contribution in [0.4, 0.5) is 25.0 Å². The standard InChI is InChI=1S/C25H23ClFN5O7S.C25H20ClFN4O4S/c1-37-24(34)32-12-25(8-15(32)10-38-25)23-30-29-21(39-23)16-6-19-20(7-17(16)27)40(35,36)11-18(28)22(33)31(19)9-13-2-4-14(26)5-3-13;1-14-2-6-16(7-3-14)23-29-30-24(35-23)18-10-21-22(11-19(18)27)36(33,34)13-20(28)25(32)31(21)12-15-4-8-17(26)9-5-15/h2-7,15,18H,8-12,28H2,1H3;2-11,20H,12-13,28H2,1H3/t15?,18-,25?;20-/m00/s1. The van der Waals surface area contributed by atoms with Crippen LogP contribution in [0, 0.1) is 18.6 Å². The first-order valence-electron chi connectivity index (χ1n) is 23.1. The molecule has 0 radical (unpaired) electrons. The van der Waals surface area contributed by atoms with Gasteiger partial charge in [-0.1, -0.05) is 65.2 Å². The van der Waals surface area contributed by atoms with Crippen molar-refractivity contribution in [3.8, 4) is 34.4 Å². The molecule has 3 amide bonds. The average molecular weight is 1120 g/mol. The molecule has 76 heavy (non-hydrogen) atoms. The molecule has 0 spiro atoms. The fraction of sp³-hybridized carbons (Fsp3) is 0.260. The van der Waals surface area contributed by atoms with Crippen molar-refractivity contribution in [1.29, 1.82) is 0 Å². The van der Waals surface area contributed by atoms with Crippen molar-refractivity contribution in [3.63, 3.8) is 0 Å². The van der Waals surface area contributed by atoms with Crippen molar-refractivity contribution < 1.29 is 58.3 Å². The van der Waals surface area contributed by atoms with Crippen LogP contribution in [0.25, 0.3) is 34.4 Å². The van der Waals surface area contributed by atoms with E-state index < -0.39 is 78.4 Å². The number of carbonyl (C=O) groups is 3. The second-order valence-corrected chi connectivity index (χ2v) is 23.3. The van der Waals surface area contributed by atoms with Crippen LogP contribution in [0.5, 0.6) is 0 Å². The lowest BCUT2D eigenvalue weighted by atomic mass is 10.0. The minimum atomic E-state index is -4.13. The van der Waals surface area contributed by atoms with E-state index in [9.17, 15) is 31.2 Å². The Morgan fingerprint density at radius 2 is 1.18 bits per heavy atom. The Morgan fingerprint density at radius 3 is 1.68 bits per heavy atom. The highest BCUT2D eigenvalue weighted by atomic mass is 35.5. The number of hydrogen-bond acceptors (Lipinski definition) is 17. The Labute approximate surface area is 442 Å². The van der Waals surface area contributed by atoms with Gasteiger partial charge in [0.25, 0.3) is 17.7 Å². The van der Waals surface area contributed by atoms with Gasteiger partial charge in [0.05, 0.1) is 95.3 Å². The van der Waals surface area contributed by atoms with Crippen molar-refractivity contribution in [2.24, 2.45) is 11.5 Å². The molecule has 20 nitrogen and oxygen atoms in total. The van der Waals surface area contributed by atoms with E-state index in [-0.39, 0.29) is 88.1 Å². The summed E-state index contributed by atoms with van der Waals surface area (Å²) in [7, 11) is -6.92. The van der Waals surface area contributed by atoms with Crippen molar-refractivity contribution in [2.45, 2.75) is 60.0 Å². The fourth-order valence-electron chi connectivity index (χ4n) is 9.32. The first-order valence-corrected chi connectivity index (χ1v) is 27.2. The van der Waals surface area contributed by atoms with E-state index in [0.29, 0.717) is 33.2 Å². The van der Waals surface area contributed by atoms with E-state index in [1.165, 1.54) is 33.9 Å². The summed E-state index contributed by atoms with van der Waals surface area (Å²) in [4.78, 5) is 41.8. The summed E-state index contributed by atoms with van der Waals surface area (Å²) >= 11 is 11.9. The smallest absolute Gasteiger partial charge is 0.409 e. The van der Waals surface area contributed by atoms with Gasteiger partial charge in [-0.05, 0) is 78.7 Å². The second kappa shape index (κ2) is 20.1. The molecule has 5 aromatic carbocycles. The molecule has 4 atom stereocenters. The Bertz CT molecular complexity index is 3680. The Hall–Kier alpha value is -7.19. The molecule has 6 heterocycles. The zero-order valence-corrected chi connectivity index (χ0v) is 43.2. The third kappa shape index (κ3) is 9.92. The lowest BCUT2D eigenvalue weighted by Crippen LogP contribution is -2.45. The number of nitrogens with two attached hydrogens (primary N) is 2. The van der Waals surface area contributed by atoms with Crippen LogP contribution < -0.4 is 21.3 Å².